The molecule has 2 N–H and O–H groups in total. The number of carbonyl (C=O) groups is 1. The Morgan fingerprint density at radius 1 is 1.38 bits per heavy atom. The lowest BCUT2D eigenvalue weighted by molar-refractivity contribution is 0.0276. The number of carboxylic acid groups (broad SMARTS) is 1. The van der Waals surface area contributed by atoms with Crippen LogP contribution in [0.1, 0.15) is 36.7 Å². The Morgan fingerprint density at radius 3 is 2.48 bits per heavy atom. The fraction of sp³-hybridized carbons (Fsp3) is 0.500. The lowest BCUT2D eigenvalue weighted by atomic mass is 10.1. The van der Waals surface area contributed by atoms with Crippen molar-refractivity contribution in [3.63, 3.8) is 0 Å². The van der Waals surface area contributed by atoms with Gasteiger partial charge in [0.25, 0.3) is 0 Å². The van der Waals surface area contributed by atoms with E-state index < -0.39 is 21.6 Å². The third-order valence-corrected chi connectivity index (χ3v) is 4.71. The van der Waals surface area contributed by atoms with E-state index in [2.05, 4.69) is 4.72 Å². The maximum atomic E-state index is 12.4. The van der Waals surface area contributed by atoms with E-state index in [1.54, 1.807) is 13.8 Å². The summed E-state index contributed by atoms with van der Waals surface area (Å²) in [7, 11) is -2.30. The molecule has 0 radical (unpaired) electrons. The van der Waals surface area contributed by atoms with Crippen LogP contribution in [0.4, 0.5) is 0 Å². The molecular formula is C14H21NO5S. The molecule has 0 saturated carbocycles. The number of rotatable bonds is 7. The smallest absolute Gasteiger partial charge is 0.335 e. The van der Waals surface area contributed by atoms with Crippen LogP contribution in [-0.2, 0) is 21.2 Å². The molecule has 21 heavy (non-hydrogen) atoms. The molecule has 0 unspecified atom stereocenters. The van der Waals surface area contributed by atoms with Gasteiger partial charge in [-0.25, -0.2) is 17.9 Å². The zero-order valence-electron chi connectivity index (χ0n) is 12.6. The highest BCUT2D eigenvalue weighted by molar-refractivity contribution is 7.89. The van der Waals surface area contributed by atoms with E-state index in [1.807, 2.05) is 6.92 Å². The summed E-state index contributed by atoms with van der Waals surface area (Å²) in [6.07, 6.45) is 0.490. The van der Waals surface area contributed by atoms with Gasteiger partial charge in [0.1, 0.15) is 0 Å². The molecule has 0 atom stereocenters. The number of ether oxygens (including phenoxy) is 1. The molecule has 1 aromatic carbocycles. The molecular weight excluding hydrogens is 294 g/mol. The standard InChI is InChI=1S/C14H21NO5S/c1-5-10-6-7-11(13(16)17)8-12(10)21(18,19)15-9-14(2,3)20-4/h6-8,15H,5,9H2,1-4H3,(H,16,17). The van der Waals surface area contributed by atoms with Gasteiger partial charge in [-0.1, -0.05) is 13.0 Å². The van der Waals surface area contributed by atoms with Crippen molar-refractivity contribution in [3.05, 3.63) is 29.3 Å². The number of sulfonamides is 1. The molecule has 0 aliphatic rings. The Morgan fingerprint density at radius 2 is 2.00 bits per heavy atom. The van der Waals surface area contributed by atoms with Crippen molar-refractivity contribution in [2.45, 2.75) is 37.7 Å². The van der Waals surface area contributed by atoms with Crippen molar-refractivity contribution >= 4 is 16.0 Å². The fourth-order valence-electron chi connectivity index (χ4n) is 1.65. The summed E-state index contributed by atoms with van der Waals surface area (Å²) in [6.45, 7) is 5.41. The monoisotopic (exact) mass is 315 g/mol. The SMILES string of the molecule is CCc1ccc(C(=O)O)cc1S(=O)(=O)NCC(C)(C)OC. The van der Waals surface area contributed by atoms with Crippen molar-refractivity contribution in [1.29, 1.82) is 0 Å². The van der Waals surface area contributed by atoms with Crippen molar-refractivity contribution < 1.29 is 23.1 Å². The summed E-state index contributed by atoms with van der Waals surface area (Å²) in [5.41, 5.74) is -0.134. The van der Waals surface area contributed by atoms with Crippen LogP contribution in [0.25, 0.3) is 0 Å². The minimum atomic E-state index is -3.80. The van der Waals surface area contributed by atoms with Crippen LogP contribution in [0.2, 0.25) is 0 Å². The molecule has 0 aliphatic heterocycles. The molecule has 0 aromatic heterocycles. The van der Waals surface area contributed by atoms with Crippen LogP contribution in [0, 0.1) is 0 Å². The van der Waals surface area contributed by atoms with E-state index in [0.29, 0.717) is 12.0 Å². The first-order valence-corrected chi connectivity index (χ1v) is 8.02. The summed E-state index contributed by atoms with van der Waals surface area (Å²) >= 11 is 0. The van der Waals surface area contributed by atoms with E-state index in [9.17, 15) is 13.2 Å². The number of nitrogens with one attached hydrogen (secondary N) is 1. The molecule has 0 aliphatic carbocycles. The average Bonchev–Trinajstić information content (AvgIpc) is 2.44. The van der Waals surface area contributed by atoms with Crippen molar-refractivity contribution in [2.24, 2.45) is 0 Å². The van der Waals surface area contributed by atoms with Gasteiger partial charge >= 0.3 is 5.97 Å². The fourth-order valence-corrected chi connectivity index (χ4v) is 3.18. The summed E-state index contributed by atoms with van der Waals surface area (Å²) < 4.78 is 32.4. The minimum Gasteiger partial charge on any atom is -0.478 e. The summed E-state index contributed by atoms with van der Waals surface area (Å²) in [6, 6.07) is 4.11. The highest BCUT2D eigenvalue weighted by atomic mass is 32.2. The zero-order chi connectivity index (χ0) is 16.3. The predicted octanol–water partition coefficient (Wildman–Crippen LogP) is 1.65. The van der Waals surface area contributed by atoms with Gasteiger partial charge in [-0.15, -0.1) is 0 Å². The van der Waals surface area contributed by atoms with Gasteiger partial charge in [-0.3, -0.25) is 0 Å². The molecule has 1 aromatic rings. The van der Waals surface area contributed by atoms with Crippen LogP contribution in [0.5, 0.6) is 0 Å². The number of methoxy groups -OCH3 is 1. The van der Waals surface area contributed by atoms with Gasteiger partial charge in [0, 0.05) is 13.7 Å². The van der Waals surface area contributed by atoms with Crippen molar-refractivity contribution in [1.82, 2.24) is 4.72 Å². The number of benzene rings is 1. The molecule has 0 amide bonds. The van der Waals surface area contributed by atoms with Crippen LogP contribution in [-0.4, -0.2) is 38.7 Å². The van der Waals surface area contributed by atoms with E-state index in [1.165, 1.54) is 25.3 Å². The largest absolute Gasteiger partial charge is 0.478 e. The summed E-state index contributed by atoms with van der Waals surface area (Å²) in [5.74, 6) is -1.16. The molecule has 0 saturated heterocycles. The second-order valence-electron chi connectivity index (χ2n) is 5.27. The summed E-state index contributed by atoms with van der Waals surface area (Å²) in [4.78, 5) is 11.0. The van der Waals surface area contributed by atoms with Gasteiger partial charge in [0.05, 0.1) is 16.1 Å². The number of aromatic carboxylic acids is 1. The predicted molar refractivity (Wildman–Crippen MR) is 79.1 cm³/mol. The van der Waals surface area contributed by atoms with E-state index >= 15 is 0 Å². The molecule has 0 heterocycles. The van der Waals surface area contributed by atoms with E-state index in [0.717, 1.165) is 0 Å². The van der Waals surface area contributed by atoms with Crippen molar-refractivity contribution in [2.75, 3.05) is 13.7 Å². The van der Waals surface area contributed by atoms with Gasteiger partial charge in [0.2, 0.25) is 10.0 Å². The Bertz CT molecular complexity index is 622. The number of hydrogen-bond acceptors (Lipinski definition) is 4. The minimum absolute atomic E-state index is 0.00296. The molecule has 6 nitrogen and oxygen atoms in total. The molecule has 0 spiro atoms. The van der Waals surface area contributed by atoms with E-state index in [4.69, 9.17) is 9.84 Å². The Hall–Kier alpha value is -1.44. The molecule has 7 heteroatoms. The first-order chi connectivity index (χ1) is 9.63. The van der Waals surface area contributed by atoms with Crippen LogP contribution in [0.15, 0.2) is 23.1 Å². The highest BCUT2D eigenvalue weighted by Gasteiger charge is 2.24. The molecule has 118 valence electrons. The normalized spacial score (nSPS) is 12.4. The van der Waals surface area contributed by atoms with Gasteiger partial charge in [-0.05, 0) is 38.0 Å². The quantitative estimate of drug-likeness (QED) is 0.798. The van der Waals surface area contributed by atoms with Gasteiger partial charge < -0.3 is 9.84 Å². The Kier molecular flexibility index (Phi) is 5.49. The van der Waals surface area contributed by atoms with Gasteiger partial charge in [-0.2, -0.15) is 0 Å². The lowest BCUT2D eigenvalue weighted by Gasteiger charge is -2.23. The Balaban J connectivity index is 3.17. The maximum Gasteiger partial charge on any atom is 0.335 e. The number of carboxylic acids is 1. The third kappa shape index (κ3) is 4.52. The van der Waals surface area contributed by atoms with Gasteiger partial charge in [0.15, 0.2) is 0 Å². The second-order valence-corrected chi connectivity index (χ2v) is 7.00. The van der Waals surface area contributed by atoms with E-state index in [-0.39, 0.29) is 17.0 Å². The highest BCUT2D eigenvalue weighted by Crippen LogP contribution is 2.19. The van der Waals surface area contributed by atoms with Crippen LogP contribution >= 0.6 is 0 Å². The van der Waals surface area contributed by atoms with Crippen molar-refractivity contribution in [3.8, 4) is 0 Å². The van der Waals surface area contributed by atoms with Crippen LogP contribution in [0.3, 0.4) is 0 Å². The number of hydrogen-bond donors (Lipinski definition) is 2. The van der Waals surface area contributed by atoms with Crippen LogP contribution < -0.4 is 4.72 Å². The lowest BCUT2D eigenvalue weighted by Crippen LogP contribution is -2.40. The zero-order valence-corrected chi connectivity index (χ0v) is 13.5. The maximum absolute atomic E-state index is 12.4. The average molecular weight is 315 g/mol. The first-order valence-electron chi connectivity index (χ1n) is 6.54. The molecule has 1 rings (SSSR count). The molecule has 0 fully saturated rings. The second kappa shape index (κ2) is 6.55. The molecule has 0 bridgehead atoms. The first kappa shape index (κ1) is 17.6. The summed E-state index contributed by atoms with van der Waals surface area (Å²) in [5, 5.41) is 9.00. The number of aryl methyl sites for hydroxylation is 1. The third-order valence-electron chi connectivity index (χ3n) is 3.23. The topological polar surface area (TPSA) is 92.7 Å². The Labute approximate surface area is 125 Å².